The van der Waals surface area contributed by atoms with Crippen LogP contribution in [0.4, 0.5) is 5.82 Å². The van der Waals surface area contributed by atoms with Crippen LogP contribution < -0.4 is 5.32 Å². The Morgan fingerprint density at radius 2 is 2.13 bits per heavy atom. The van der Waals surface area contributed by atoms with Gasteiger partial charge in [-0.3, -0.25) is 4.79 Å². The van der Waals surface area contributed by atoms with Crippen LogP contribution in [0.1, 0.15) is 23.6 Å². The molecule has 0 atom stereocenters. The third-order valence-corrected chi connectivity index (χ3v) is 3.89. The third kappa shape index (κ3) is 3.67. The predicted octanol–water partition coefficient (Wildman–Crippen LogP) is 2.16. The number of anilines is 1. The van der Waals surface area contributed by atoms with E-state index in [9.17, 15) is 4.79 Å². The van der Waals surface area contributed by atoms with E-state index in [1.165, 1.54) is 11.8 Å². The maximum absolute atomic E-state index is 11.8. The van der Waals surface area contributed by atoms with Crippen LogP contribution in [0.5, 0.6) is 0 Å². The van der Waals surface area contributed by atoms with Gasteiger partial charge in [0.25, 0.3) is 5.78 Å². The molecular formula is C14H16N6O2S. The number of aromatic nitrogens is 5. The molecule has 1 N–H and O–H groups in total. The summed E-state index contributed by atoms with van der Waals surface area (Å²) in [6.07, 6.45) is 0.331. The molecule has 120 valence electrons. The molecule has 3 heterocycles. The van der Waals surface area contributed by atoms with Crippen LogP contribution in [0, 0.1) is 20.8 Å². The molecule has 9 heteroatoms. The number of rotatable bonds is 5. The molecule has 0 radical (unpaired) electrons. The second kappa shape index (κ2) is 6.37. The lowest BCUT2D eigenvalue weighted by Gasteiger charge is -1.99. The first-order valence-electron chi connectivity index (χ1n) is 7.08. The molecular weight excluding hydrogens is 316 g/mol. The van der Waals surface area contributed by atoms with Gasteiger partial charge in [-0.2, -0.15) is 4.98 Å². The molecule has 0 spiro atoms. The predicted molar refractivity (Wildman–Crippen MR) is 85.5 cm³/mol. The summed E-state index contributed by atoms with van der Waals surface area (Å²) >= 11 is 1.42. The molecule has 1 amide bonds. The Labute approximate surface area is 136 Å². The summed E-state index contributed by atoms with van der Waals surface area (Å²) in [7, 11) is 0. The molecule has 3 aromatic heterocycles. The van der Waals surface area contributed by atoms with Gasteiger partial charge < -0.3 is 9.84 Å². The number of thioether (sulfide) groups is 1. The highest BCUT2D eigenvalue weighted by Crippen LogP contribution is 2.16. The van der Waals surface area contributed by atoms with E-state index in [4.69, 9.17) is 4.52 Å². The molecule has 8 nitrogen and oxygen atoms in total. The smallest absolute Gasteiger partial charge is 0.253 e. The Bertz CT molecular complexity index is 856. The van der Waals surface area contributed by atoms with Crippen LogP contribution in [-0.2, 0) is 4.79 Å². The van der Waals surface area contributed by atoms with E-state index in [0.29, 0.717) is 34.7 Å². The van der Waals surface area contributed by atoms with Crippen molar-refractivity contribution in [1.29, 1.82) is 0 Å². The molecule has 0 aliphatic carbocycles. The Kier molecular flexibility index (Phi) is 4.28. The number of aryl methyl sites for hydroxylation is 3. The summed E-state index contributed by atoms with van der Waals surface area (Å²) in [5.41, 5.74) is 1.88. The molecule has 0 saturated carbocycles. The number of hydrogen-bond acceptors (Lipinski definition) is 7. The lowest BCUT2D eigenvalue weighted by Crippen LogP contribution is -2.12. The maximum atomic E-state index is 11.8. The second-order valence-corrected chi connectivity index (χ2v) is 6.18. The number of amides is 1. The first-order chi connectivity index (χ1) is 11.0. The topological polar surface area (TPSA) is 98.2 Å². The van der Waals surface area contributed by atoms with Crippen LogP contribution >= 0.6 is 11.8 Å². The molecule has 0 saturated heterocycles. The maximum Gasteiger partial charge on any atom is 0.253 e. The molecule has 0 bridgehead atoms. The molecule has 3 rings (SSSR count). The Balaban J connectivity index is 1.56. The van der Waals surface area contributed by atoms with Crippen molar-refractivity contribution < 1.29 is 9.32 Å². The van der Waals surface area contributed by atoms with Gasteiger partial charge in [0.2, 0.25) is 11.1 Å². The average Bonchev–Trinajstić information content (AvgIpc) is 3.05. The fourth-order valence-electron chi connectivity index (χ4n) is 2.07. The van der Waals surface area contributed by atoms with E-state index in [1.807, 2.05) is 19.9 Å². The lowest BCUT2D eigenvalue weighted by atomic mass is 10.4. The van der Waals surface area contributed by atoms with Gasteiger partial charge in [-0.25, -0.2) is 9.50 Å². The molecule has 0 unspecified atom stereocenters. The van der Waals surface area contributed by atoms with Gasteiger partial charge >= 0.3 is 0 Å². The number of nitrogens with one attached hydrogen (secondary N) is 1. The van der Waals surface area contributed by atoms with Gasteiger partial charge in [0.15, 0.2) is 5.82 Å². The van der Waals surface area contributed by atoms with Crippen molar-refractivity contribution in [2.75, 3.05) is 11.1 Å². The summed E-state index contributed by atoms with van der Waals surface area (Å²) in [6.45, 7) is 5.65. The molecule has 0 aliphatic rings. The highest BCUT2D eigenvalue weighted by molar-refractivity contribution is 7.99. The van der Waals surface area contributed by atoms with Crippen LogP contribution in [0.25, 0.3) is 5.78 Å². The van der Waals surface area contributed by atoms with Crippen LogP contribution in [-0.4, -0.2) is 36.4 Å². The van der Waals surface area contributed by atoms with Crippen molar-refractivity contribution in [2.45, 2.75) is 32.3 Å². The standard InChI is InChI=1S/C14H16N6O2S/c1-8-6-9(2)20-13(15-8)17-14(18-20)23-5-4-12(21)16-11-7-10(3)22-19-11/h6-7H,4-5H2,1-3H3,(H,16,19,21). The summed E-state index contributed by atoms with van der Waals surface area (Å²) in [4.78, 5) is 20.5. The van der Waals surface area contributed by atoms with E-state index in [1.54, 1.807) is 17.5 Å². The van der Waals surface area contributed by atoms with Crippen LogP contribution in [0.15, 0.2) is 21.8 Å². The zero-order valence-electron chi connectivity index (χ0n) is 13.0. The monoisotopic (exact) mass is 332 g/mol. The van der Waals surface area contributed by atoms with Gasteiger partial charge in [-0.1, -0.05) is 16.9 Å². The minimum absolute atomic E-state index is 0.125. The zero-order chi connectivity index (χ0) is 16.4. The van der Waals surface area contributed by atoms with Crippen molar-refractivity contribution in [3.63, 3.8) is 0 Å². The number of nitrogens with zero attached hydrogens (tertiary/aromatic N) is 5. The van der Waals surface area contributed by atoms with Gasteiger partial charge in [-0.05, 0) is 26.8 Å². The fourth-order valence-corrected chi connectivity index (χ4v) is 2.83. The highest BCUT2D eigenvalue weighted by Gasteiger charge is 2.10. The highest BCUT2D eigenvalue weighted by atomic mass is 32.2. The molecule has 0 aromatic carbocycles. The average molecular weight is 332 g/mol. The summed E-state index contributed by atoms with van der Waals surface area (Å²) in [6, 6.07) is 3.62. The largest absolute Gasteiger partial charge is 0.360 e. The minimum atomic E-state index is -0.125. The third-order valence-electron chi connectivity index (χ3n) is 3.05. The van der Waals surface area contributed by atoms with E-state index >= 15 is 0 Å². The van der Waals surface area contributed by atoms with Gasteiger partial charge in [0, 0.05) is 29.6 Å². The molecule has 3 aromatic rings. The SMILES string of the molecule is Cc1cc(C)n2nc(SCCC(=O)Nc3cc(C)on3)nc2n1. The van der Waals surface area contributed by atoms with E-state index < -0.39 is 0 Å². The Hall–Kier alpha value is -2.42. The first kappa shape index (κ1) is 15.5. The van der Waals surface area contributed by atoms with Crippen molar-refractivity contribution in [2.24, 2.45) is 0 Å². The summed E-state index contributed by atoms with van der Waals surface area (Å²) in [5.74, 6) is 2.10. The van der Waals surface area contributed by atoms with E-state index in [0.717, 1.165) is 11.4 Å². The fraction of sp³-hybridized carbons (Fsp3) is 0.357. The number of carbonyl (C=O) groups is 1. The normalized spacial score (nSPS) is 11.1. The molecule has 0 fully saturated rings. The number of fused-ring (bicyclic) bond motifs is 1. The summed E-state index contributed by atoms with van der Waals surface area (Å²) in [5, 5.41) is 11.4. The van der Waals surface area contributed by atoms with Gasteiger partial charge in [0.05, 0.1) is 0 Å². The minimum Gasteiger partial charge on any atom is -0.360 e. The Morgan fingerprint density at radius 3 is 2.87 bits per heavy atom. The Morgan fingerprint density at radius 1 is 1.30 bits per heavy atom. The van der Waals surface area contributed by atoms with Crippen molar-refractivity contribution in [3.8, 4) is 0 Å². The summed E-state index contributed by atoms with van der Waals surface area (Å²) < 4.78 is 6.60. The number of carbonyl (C=O) groups excluding carboxylic acids is 1. The van der Waals surface area contributed by atoms with E-state index in [2.05, 4.69) is 25.5 Å². The quantitative estimate of drug-likeness (QED) is 0.715. The van der Waals surface area contributed by atoms with Crippen LogP contribution in [0.2, 0.25) is 0 Å². The van der Waals surface area contributed by atoms with Crippen molar-refractivity contribution >= 4 is 29.3 Å². The van der Waals surface area contributed by atoms with Crippen LogP contribution in [0.3, 0.4) is 0 Å². The van der Waals surface area contributed by atoms with Crippen molar-refractivity contribution in [3.05, 3.63) is 29.3 Å². The van der Waals surface area contributed by atoms with Gasteiger partial charge in [0.1, 0.15) is 5.76 Å². The number of hydrogen-bond donors (Lipinski definition) is 1. The first-order valence-corrected chi connectivity index (χ1v) is 8.07. The molecule has 0 aliphatic heterocycles. The lowest BCUT2D eigenvalue weighted by molar-refractivity contribution is -0.115. The van der Waals surface area contributed by atoms with Gasteiger partial charge in [-0.15, -0.1) is 5.10 Å². The zero-order valence-corrected chi connectivity index (χ0v) is 13.8. The molecule has 23 heavy (non-hydrogen) atoms. The van der Waals surface area contributed by atoms with Crippen molar-refractivity contribution in [1.82, 2.24) is 24.7 Å². The van der Waals surface area contributed by atoms with E-state index in [-0.39, 0.29) is 5.91 Å². The second-order valence-electron chi connectivity index (χ2n) is 5.11.